The first-order chi connectivity index (χ1) is 12.7. The summed E-state index contributed by atoms with van der Waals surface area (Å²) >= 11 is 0. The third-order valence-electron chi connectivity index (χ3n) is 4.27. The number of guanidine groups is 1. The van der Waals surface area contributed by atoms with Gasteiger partial charge >= 0.3 is 0 Å². The van der Waals surface area contributed by atoms with Crippen LogP contribution in [-0.2, 0) is 11.3 Å². The van der Waals surface area contributed by atoms with E-state index >= 15 is 0 Å². The van der Waals surface area contributed by atoms with Crippen LogP contribution in [0, 0.1) is 11.3 Å². The van der Waals surface area contributed by atoms with E-state index in [0.717, 1.165) is 11.3 Å². The molecule has 2 N–H and O–H groups in total. The van der Waals surface area contributed by atoms with Gasteiger partial charge in [0, 0.05) is 32.2 Å². The van der Waals surface area contributed by atoms with Gasteiger partial charge in [-0.15, -0.1) is 0 Å². The molecule has 1 fully saturated rings. The summed E-state index contributed by atoms with van der Waals surface area (Å²) in [6, 6.07) is 19.2. The van der Waals surface area contributed by atoms with Gasteiger partial charge in [0.05, 0.1) is 17.7 Å². The van der Waals surface area contributed by atoms with Gasteiger partial charge in [-0.3, -0.25) is 9.79 Å². The van der Waals surface area contributed by atoms with Crippen molar-refractivity contribution in [2.75, 3.05) is 18.5 Å². The molecular formula is C20H21N5O. The molecule has 0 saturated carbocycles. The molecular weight excluding hydrogens is 326 g/mol. The van der Waals surface area contributed by atoms with E-state index in [4.69, 9.17) is 5.26 Å². The SMILES string of the molecule is CN=C(NCc1cccc(C#N)c1)NC1CC(=O)N(c2ccccc2)C1. The van der Waals surface area contributed by atoms with Crippen molar-refractivity contribution in [2.45, 2.75) is 19.0 Å². The van der Waals surface area contributed by atoms with Crippen LogP contribution in [0.3, 0.4) is 0 Å². The summed E-state index contributed by atoms with van der Waals surface area (Å²) in [4.78, 5) is 18.3. The summed E-state index contributed by atoms with van der Waals surface area (Å²) < 4.78 is 0. The van der Waals surface area contributed by atoms with Crippen molar-refractivity contribution in [2.24, 2.45) is 4.99 Å². The second-order valence-electron chi connectivity index (χ2n) is 6.12. The number of hydrogen-bond donors (Lipinski definition) is 2. The molecule has 3 rings (SSSR count). The highest BCUT2D eigenvalue weighted by Gasteiger charge is 2.30. The Morgan fingerprint density at radius 3 is 2.81 bits per heavy atom. The molecule has 26 heavy (non-hydrogen) atoms. The van der Waals surface area contributed by atoms with Gasteiger partial charge in [0.15, 0.2) is 5.96 Å². The number of carbonyl (C=O) groups excluding carboxylic acids is 1. The predicted octanol–water partition coefficient (Wildman–Crippen LogP) is 2.03. The summed E-state index contributed by atoms with van der Waals surface area (Å²) in [6.45, 7) is 1.16. The van der Waals surface area contributed by atoms with Crippen molar-refractivity contribution in [3.63, 3.8) is 0 Å². The number of carbonyl (C=O) groups is 1. The highest BCUT2D eigenvalue weighted by molar-refractivity contribution is 5.97. The quantitative estimate of drug-likeness (QED) is 0.655. The van der Waals surface area contributed by atoms with Gasteiger partial charge in [-0.25, -0.2) is 0 Å². The summed E-state index contributed by atoms with van der Waals surface area (Å²) in [5.74, 6) is 0.742. The average Bonchev–Trinajstić information content (AvgIpc) is 3.06. The fraction of sp³-hybridized carbons (Fsp3) is 0.250. The Labute approximate surface area is 153 Å². The summed E-state index contributed by atoms with van der Waals surface area (Å²) in [5, 5.41) is 15.5. The Balaban J connectivity index is 1.57. The molecule has 1 heterocycles. The van der Waals surface area contributed by atoms with E-state index in [1.165, 1.54) is 0 Å². The molecule has 0 radical (unpaired) electrons. The van der Waals surface area contributed by atoms with Crippen molar-refractivity contribution in [3.8, 4) is 6.07 Å². The number of hydrogen-bond acceptors (Lipinski definition) is 3. The van der Waals surface area contributed by atoms with Gasteiger partial charge in [0.1, 0.15) is 0 Å². The van der Waals surface area contributed by atoms with Crippen LogP contribution in [0.1, 0.15) is 17.5 Å². The maximum atomic E-state index is 12.3. The van der Waals surface area contributed by atoms with Gasteiger partial charge in [-0.05, 0) is 29.8 Å². The first-order valence-electron chi connectivity index (χ1n) is 8.51. The third kappa shape index (κ3) is 4.19. The van der Waals surface area contributed by atoms with Gasteiger partial charge < -0.3 is 15.5 Å². The molecule has 0 aromatic heterocycles. The largest absolute Gasteiger partial charge is 0.352 e. The standard InChI is InChI=1S/C20H21N5O/c1-22-20(23-13-16-7-5-6-15(10-16)12-21)24-17-11-19(26)25(14-17)18-8-3-2-4-9-18/h2-10,17H,11,13-14H2,1H3,(H2,22,23,24). The highest BCUT2D eigenvalue weighted by atomic mass is 16.2. The van der Waals surface area contributed by atoms with Crippen LogP contribution in [-0.4, -0.2) is 31.5 Å². The summed E-state index contributed by atoms with van der Waals surface area (Å²) in [5.41, 5.74) is 2.55. The molecule has 1 unspecified atom stereocenters. The van der Waals surface area contributed by atoms with E-state index in [9.17, 15) is 4.79 Å². The smallest absolute Gasteiger partial charge is 0.229 e. The van der Waals surface area contributed by atoms with Gasteiger partial charge in [0.25, 0.3) is 0 Å². The molecule has 1 atom stereocenters. The number of anilines is 1. The highest BCUT2D eigenvalue weighted by Crippen LogP contribution is 2.20. The minimum atomic E-state index is -0.000603. The zero-order valence-corrected chi connectivity index (χ0v) is 14.6. The average molecular weight is 347 g/mol. The normalized spacial score (nSPS) is 17.1. The zero-order valence-electron chi connectivity index (χ0n) is 14.6. The maximum Gasteiger partial charge on any atom is 0.229 e. The number of aliphatic imine (C=N–C) groups is 1. The Hall–Kier alpha value is -3.33. The lowest BCUT2D eigenvalue weighted by Crippen LogP contribution is -2.44. The van der Waals surface area contributed by atoms with Crippen LogP contribution in [0.4, 0.5) is 5.69 Å². The molecule has 132 valence electrons. The molecule has 1 aliphatic rings. The number of rotatable bonds is 4. The Bertz CT molecular complexity index is 841. The van der Waals surface area contributed by atoms with Gasteiger partial charge in [0.2, 0.25) is 5.91 Å². The third-order valence-corrected chi connectivity index (χ3v) is 4.27. The fourth-order valence-corrected chi connectivity index (χ4v) is 2.99. The lowest BCUT2D eigenvalue weighted by Gasteiger charge is -2.19. The Morgan fingerprint density at radius 2 is 2.08 bits per heavy atom. The van der Waals surface area contributed by atoms with Crippen LogP contribution >= 0.6 is 0 Å². The zero-order chi connectivity index (χ0) is 18.4. The second-order valence-corrected chi connectivity index (χ2v) is 6.12. The maximum absolute atomic E-state index is 12.3. The topological polar surface area (TPSA) is 80.5 Å². The number of nitrogens with one attached hydrogen (secondary N) is 2. The molecule has 1 aliphatic heterocycles. The van der Waals surface area contributed by atoms with E-state index in [1.54, 1.807) is 18.0 Å². The number of nitriles is 1. The van der Waals surface area contributed by atoms with Crippen molar-refractivity contribution in [1.82, 2.24) is 10.6 Å². The minimum absolute atomic E-state index is 0.000603. The molecule has 0 aliphatic carbocycles. The number of benzene rings is 2. The van der Waals surface area contributed by atoms with E-state index in [0.29, 0.717) is 31.0 Å². The van der Waals surface area contributed by atoms with E-state index in [2.05, 4.69) is 21.7 Å². The van der Waals surface area contributed by atoms with E-state index in [-0.39, 0.29) is 11.9 Å². The van der Waals surface area contributed by atoms with Crippen molar-refractivity contribution >= 4 is 17.6 Å². The first kappa shape index (κ1) is 17.5. The Kier molecular flexibility index (Phi) is 5.49. The number of para-hydroxylation sites is 1. The molecule has 6 nitrogen and oxygen atoms in total. The number of amides is 1. The molecule has 0 spiro atoms. The summed E-state index contributed by atoms with van der Waals surface area (Å²) in [7, 11) is 1.70. The van der Waals surface area contributed by atoms with Crippen LogP contribution in [0.2, 0.25) is 0 Å². The van der Waals surface area contributed by atoms with Crippen LogP contribution < -0.4 is 15.5 Å². The predicted molar refractivity (Wildman–Crippen MR) is 102 cm³/mol. The van der Waals surface area contributed by atoms with Crippen LogP contribution in [0.25, 0.3) is 0 Å². The van der Waals surface area contributed by atoms with Gasteiger partial charge in [-0.1, -0.05) is 30.3 Å². The second kappa shape index (κ2) is 8.17. The molecule has 2 aromatic carbocycles. The lowest BCUT2D eigenvalue weighted by atomic mass is 10.1. The van der Waals surface area contributed by atoms with Crippen molar-refractivity contribution in [1.29, 1.82) is 5.26 Å². The monoisotopic (exact) mass is 347 g/mol. The molecule has 6 heteroatoms. The minimum Gasteiger partial charge on any atom is -0.352 e. The molecule has 1 amide bonds. The molecule has 0 bridgehead atoms. The molecule has 1 saturated heterocycles. The van der Waals surface area contributed by atoms with E-state index in [1.807, 2.05) is 48.5 Å². The van der Waals surface area contributed by atoms with Crippen LogP contribution in [0.15, 0.2) is 59.6 Å². The first-order valence-corrected chi connectivity index (χ1v) is 8.51. The van der Waals surface area contributed by atoms with Crippen molar-refractivity contribution < 1.29 is 4.79 Å². The van der Waals surface area contributed by atoms with Gasteiger partial charge in [-0.2, -0.15) is 5.26 Å². The van der Waals surface area contributed by atoms with Crippen molar-refractivity contribution in [3.05, 3.63) is 65.7 Å². The fourth-order valence-electron chi connectivity index (χ4n) is 2.99. The summed E-state index contributed by atoms with van der Waals surface area (Å²) in [6.07, 6.45) is 0.430. The Morgan fingerprint density at radius 1 is 1.27 bits per heavy atom. The van der Waals surface area contributed by atoms with E-state index < -0.39 is 0 Å². The molecule has 2 aromatic rings. The van der Waals surface area contributed by atoms with Crippen LogP contribution in [0.5, 0.6) is 0 Å². The lowest BCUT2D eigenvalue weighted by molar-refractivity contribution is -0.117. The number of nitrogens with zero attached hydrogens (tertiary/aromatic N) is 3.